The Morgan fingerprint density at radius 2 is 1.94 bits per heavy atom. The third-order valence-electron chi connectivity index (χ3n) is 5.48. The van der Waals surface area contributed by atoms with E-state index in [0.29, 0.717) is 11.3 Å². The highest BCUT2D eigenvalue weighted by molar-refractivity contribution is 5.62. The lowest BCUT2D eigenvalue weighted by Crippen LogP contribution is -2.36. The fourth-order valence-electron chi connectivity index (χ4n) is 4.57. The summed E-state index contributed by atoms with van der Waals surface area (Å²) >= 11 is 0. The van der Waals surface area contributed by atoms with Gasteiger partial charge in [0.25, 0.3) is 0 Å². The van der Waals surface area contributed by atoms with Crippen LogP contribution < -0.4 is 0 Å². The van der Waals surface area contributed by atoms with Crippen molar-refractivity contribution in [1.29, 1.82) is 0 Å². The Morgan fingerprint density at radius 1 is 1.28 bits per heavy atom. The summed E-state index contributed by atoms with van der Waals surface area (Å²) in [5.41, 5.74) is 0.614. The average molecular weight is 249 g/mol. The van der Waals surface area contributed by atoms with Gasteiger partial charge in [-0.1, -0.05) is 20.8 Å². The Balaban J connectivity index is 2.16. The van der Waals surface area contributed by atoms with Crippen LogP contribution in [0.4, 0.5) is 0 Å². The minimum absolute atomic E-state index is 0.0786. The molecule has 1 nitrogen and oxygen atoms in total. The molecule has 0 aromatic rings. The molecule has 2 aliphatic rings. The molecule has 104 valence electrons. The molecule has 0 unspecified atom stereocenters. The molecular weight excluding hydrogens is 218 g/mol. The van der Waals surface area contributed by atoms with Crippen LogP contribution in [0.2, 0.25) is 0 Å². The van der Waals surface area contributed by atoms with E-state index in [1.807, 2.05) is 0 Å². The standard InChI is InChI=1S/C17H31N/c1-7-12(11-18-16(2,3)4)15-13-8-9-14(10-13)17(15,5)6/h11-15H,7-10H2,1-6H3/t12-,13+,14-,15-/m0/s1. The van der Waals surface area contributed by atoms with Gasteiger partial charge in [0, 0.05) is 6.21 Å². The molecule has 2 rings (SSSR count). The van der Waals surface area contributed by atoms with Gasteiger partial charge >= 0.3 is 0 Å². The SMILES string of the molecule is CC[C@@H](C=NC(C)(C)C)[C@H]1[C@@H]2CC[C@@H](C2)C1(C)C. The van der Waals surface area contributed by atoms with Gasteiger partial charge in [-0.15, -0.1) is 0 Å². The van der Waals surface area contributed by atoms with Crippen molar-refractivity contribution in [3.63, 3.8) is 0 Å². The van der Waals surface area contributed by atoms with E-state index in [1.165, 1.54) is 25.7 Å². The summed E-state index contributed by atoms with van der Waals surface area (Å²) in [7, 11) is 0. The minimum Gasteiger partial charge on any atom is -0.291 e. The Labute approximate surface area is 113 Å². The van der Waals surface area contributed by atoms with E-state index < -0.39 is 0 Å². The molecule has 2 aliphatic carbocycles. The van der Waals surface area contributed by atoms with E-state index in [9.17, 15) is 0 Å². The van der Waals surface area contributed by atoms with E-state index in [4.69, 9.17) is 4.99 Å². The third-order valence-corrected chi connectivity index (χ3v) is 5.48. The van der Waals surface area contributed by atoms with Crippen LogP contribution in [0.1, 0.15) is 67.2 Å². The van der Waals surface area contributed by atoms with Gasteiger partial charge in [0.2, 0.25) is 0 Å². The second-order valence-electron chi connectivity index (χ2n) is 8.14. The molecule has 0 aromatic carbocycles. The molecule has 18 heavy (non-hydrogen) atoms. The zero-order valence-electron chi connectivity index (χ0n) is 13.2. The van der Waals surface area contributed by atoms with Gasteiger partial charge in [0.1, 0.15) is 0 Å². The quantitative estimate of drug-likeness (QED) is 0.627. The van der Waals surface area contributed by atoms with Crippen molar-refractivity contribution in [1.82, 2.24) is 0 Å². The van der Waals surface area contributed by atoms with E-state index in [2.05, 4.69) is 47.8 Å². The highest BCUT2D eigenvalue weighted by Gasteiger charge is 2.54. The summed E-state index contributed by atoms with van der Waals surface area (Å²) in [4.78, 5) is 4.80. The van der Waals surface area contributed by atoms with Gasteiger partial charge in [-0.05, 0) is 75.5 Å². The van der Waals surface area contributed by atoms with E-state index in [1.54, 1.807) is 0 Å². The molecule has 0 N–H and O–H groups in total. The van der Waals surface area contributed by atoms with Crippen molar-refractivity contribution >= 4 is 6.21 Å². The topological polar surface area (TPSA) is 12.4 Å². The van der Waals surface area contributed by atoms with Crippen molar-refractivity contribution in [2.45, 2.75) is 72.8 Å². The second-order valence-corrected chi connectivity index (χ2v) is 8.14. The van der Waals surface area contributed by atoms with Crippen molar-refractivity contribution < 1.29 is 0 Å². The fraction of sp³-hybridized carbons (Fsp3) is 0.941. The van der Waals surface area contributed by atoms with Gasteiger partial charge in [-0.25, -0.2) is 0 Å². The first-order chi connectivity index (χ1) is 8.25. The van der Waals surface area contributed by atoms with Gasteiger partial charge in [0.15, 0.2) is 0 Å². The Hall–Kier alpha value is -0.330. The first-order valence-corrected chi connectivity index (χ1v) is 7.81. The lowest BCUT2D eigenvalue weighted by molar-refractivity contribution is 0.0930. The largest absolute Gasteiger partial charge is 0.291 e. The summed E-state index contributed by atoms with van der Waals surface area (Å²) in [6.07, 6.45) is 7.97. The van der Waals surface area contributed by atoms with Crippen LogP contribution in [0.5, 0.6) is 0 Å². The third kappa shape index (κ3) is 2.51. The average Bonchev–Trinajstić information content (AvgIpc) is 2.78. The van der Waals surface area contributed by atoms with Crippen LogP contribution in [0.25, 0.3) is 0 Å². The zero-order chi connectivity index (χ0) is 13.6. The molecule has 0 radical (unpaired) electrons. The van der Waals surface area contributed by atoms with Crippen LogP contribution in [0.3, 0.4) is 0 Å². The van der Waals surface area contributed by atoms with Gasteiger partial charge in [0.05, 0.1) is 5.54 Å². The molecular formula is C17H31N. The molecule has 2 saturated carbocycles. The van der Waals surface area contributed by atoms with Gasteiger partial charge in [-0.2, -0.15) is 0 Å². The number of nitrogens with zero attached hydrogens (tertiary/aromatic N) is 1. The second kappa shape index (κ2) is 4.65. The number of hydrogen-bond donors (Lipinski definition) is 0. The molecule has 0 aromatic heterocycles. The van der Waals surface area contributed by atoms with Crippen LogP contribution in [-0.4, -0.2) is 11.8 Å². The Bertz CT molecular complexity index is 321. The predicted molar refractivity (Wildman–Crippen MR) is 80.1 cm³/mol. The Kier molecular flexibility index (Phi) is 3.64. The van der Waals surface area contributed by atoms with Crippen molar-refractivity contribution in [3.05, 3.63) is 0 Å². The lowest BCUT2D eigenvalue weighted by atomic mass is 9.63. The van der Waals surface area contributed by atoms with Crippen LogP contribution >= 0.6 is 0 Å². The summed E-state index contributed by atoms with van der Waals surface area (Å²) in [5.74, 6) is 3.51. The fourth-order valence-corrected chi connectivity index (χ4v) is 4.57. The molecule has 0 aliphatic heterocycles. The monoisotopic (exact) mass is 249 g/mol. The lowest BCUT2D eigenvalue weighted by Gasteiger charge is -2.41. The first-order valence-electron chi connectivity index (χ1n) is 7.81. The number of rotatable bonds is 3. The van der Waals surface area contributed by atoms with E-state index >= 15 is 0 Å². The summed E-state index contributed by atoms with van der Waals surface area (Å²) in [5, 5.41) is 0. The molecule has 2 bridgehead atoms. The number of aliphatic imine (C=N–C) groups is 1. The molecule has 4 atom stereocenters. The summed E-state index contributed by atoms with van der Waals surface area (Å²) < 4.78 is 0. The summed E-state index contributed by atoms with van der Waals surface area (Å²) in [6, 6.07) is 0. The van der Waals surface area contributed by atoms with E-state index in [0.717, 1.165) is 17.8 Å². The van der Waals surface area contributed by atoms with Gasteiger partial charge in [-0.3, -0.25) is 4.99 Å². The van der Waals surface area contributed by atoms with Gasteiger partial charge < -0.3 is 0 Å². The highest BCUT2D eigenvalue weighted by atomic mass is 14.8. The Morgan fingerprint density at radius 3 is 2.39 bits per heavy atom. The molecule has 0 saturated heterocycles. The maximum Gasteiger partial charge on any atom is 0.0520 e. The molecule has 0 spiro atoms. The molecule has 1 heteroatoms. The predicted octanol–water partition coefficient (Wildman–Crippen LogP) is 4.95. The zero-order valence-corrected chi connectivity index (χ0v) is 13.2. The number of fused-ring (bicyclic) bond motifs is 2. The molecule has 2 fully saturated rings. The van der Waals surface area contributed by atoms with Crippen LogP contribution in [-0.2, 0) is 0 Å². The summed E-state index contributed by atoms with van der Waals surface area (Å²) in [6.45, 7) is 13.9. The maximum absolute atomic E-state index is 4.80. The van der Waals surface area contributed by atoms with E-state index in [-0.39, 0.29) is 5.54 Å². The van der Waals surface area contributed by atoms with Crippen molar-refractivity contribution in [2.24, 2.45) is 34.1 Å². The first kappa shape index (κ1) is 14.1. The molecule has 0 amide bonds. The molecule has 0 heterocycles. The van der Waals surface area contributed by atoms with Crippen LogP contribution in [0, 0.1) is 29.1 Å². The van der Waals surface area contributed by atoms with Crippen molar-refractivity contribution in [3.8, 4) is 0 Å². The highest BCUT2D eigenvalue weighted by Crippen LogP contribution is 2.61. The maximum atomic E-state index is 4.80. The normalized spacial score (nSPS) is 36.4. The smallest absolute Gasteiger partial charge is 0.0520 e. The minimum atomic E-state index is 0.0786. The van der Waals surface area contributed by atoms with Crippen LogP contribution in [0.15, 0.2) is 4.99 Å². The number of hydrogen-bond acceptors (Lipinski definition) is 1. The van der Waals surface area contributed by atoms with Crippen molar-refractivity contribution in [2.75, 3.05) is 0 Å².